The Morgan fingerprint density at radius 1 is 1.43 bits per heavy atom. The molecule has 0 fully saturated rings. The molecule has 1 amide bonds. The third-order valence-corrected chi connectivity index (χ3v) is 3.63. The number of aromatic nitrogens is 3. The molecule has 5 heteroatoms. The number of amides is 1. The molecule has 3 aromatic rings. The van der Waals surface area contributed by atoms with Crippen molar-refractivity contribution in [2.45, 2.75) is 19.4 Å². The zero-order valence-corrected chi connectivity index (χ0v) is 12.1. The first-order valence-corrected chi connectivity index (χ1v) is 6.96. The number of aromatic amines is 1. The number of carbonyl (C=O) groups is 1. The molecule has 1 aromatic carbocycles. The molecule has 2 heterocycles. The summed E-state index contributed by atoms with van der Waals surface area (Å²) in [6.45, 7) is 1.96. The lowest BCUT2D eigenvalue weighted by Gasteiger charge is -2.11. The molecule has 0 radical (unpaired) electrons. The van der Waals surface area contributed by atoms with Crippen molar-refractivity contribution in [1.82, 2.24) is 20.1 Å². The fourth-order valence-electron chi connectivity index (χ4n) is 2.49. The number of nitrogens with zero attached hydrogens (tertiary/aromatic N) is 2. The lowest BCUT2D eigenvalue weighted by atomic mass is 10.1. The van der Waals surface area contributed by atoms with E-state index in [-0.39, 0.29) is 11.9 Å². The topological polar surface area (TPSA) is 62.7 Å². The molecule has 0 bridgehead atoms. The van der Waals surface area contributed by atoms with Gasteiger partial charge in [0.25, 0.3) is 0 Å². The van der Waals surface area contributed by atoms with E-state index in [2.05, 4.69) is 15.4 Å². The molecule has 3 rings (SSSR count). The number of hydrogen-bond acceptors (Lipinski definition) is 2. The molecular weight excluding hydrogens is 264 g/mol. The van der Waals surface area contributed by atoms with Crippen LogP contribution in [0.5, 0.6) is 0 Å². The summed E-state index contributed by atoms with van der Waals surface area (Å²) in [4.78, 5) is 15.4. The van der Waals surface area contributed by atoms with E-state index in [1.54, 1.807) is 10.9 Å². The number of aryl methyl sites for hydroxylation is 1. The molecule has 21 heavy (non-hydrogen) atoms. The van der Waals surface area contributed by atoms with Gasteiger partial charge in [0, 0.05) is 35.9 Å². The lowest BCUT2D eigenvalue weighted by molar-refractivity contribution is -0.121. The zero-order valence-electron chi connectivity index (χ0n) is 12.1. The monoisotopic (exact) mass is 282 g/mol. The van der Waals surface area contributed by atoms with Crippen molar-refractivity contribution in [3.8, 4) is 0 Å². The fraction of sp³-hybridized carbons (Fsp3) is 0.250. The van der Waals surface area contributed by atoms with Gasteiger partial charge in [0.05, 0.1) is 18.7 Å². The van der Waals surface area contributed by atoms with Crippen molar-refractivity contribution in [3.05, 3.63) is 54.0 Å². The molecule has 1 atom stereocenters. The molecule has 0 aliphatic rings. The average Bonchev–Trinajstić information content (AvgIpc) is 3.06. The highest BCUT2D eigenvalue weighted by Gasteiger charge is 2.13. The van der Waals surface area contributed by atoms with Crippen LogP contribution in [0, 0.1) is 0 Å². The Bertz CT molecular complexity index is 771. The molecule has 0 spiro atoms. The van der Waals surface area contributed by atoms with Gasteiger partial charge in [-0.3, -0.25) is 9.48 Å². The van der Waals surface area contributed by atoms with Crippen LogP contribution in [-0.4, -0.2) is 20.7 Å². The quantitative estimate of drug-likeness (QED) is 0.771. The van der Waals surface area contributed by atoms with Crippen LogP contribution in [0.2, 0.25) is 0 Å². The Kier molecular flexibility index (Phi) is 3.48. The summed E-state index contributed by atoms with van der Waals surface area (Å²) in [7, 11) is 1.87. The summed E-state index contributed by atoms with van der Waals surface area (Å²) in [5.74, 6) is 0.0103. The third kappa shape index (κ3) is 2.81. The van der Waals surface area contributed by atoms with Gasteiger partial charge in [-0.15, -0.1) is 0 Å². The Hall–Kier alpha value is -2.56. The van der Waals surface area contributed by atoms with Crippen LogP contribution >= 0.6 is 0 Å². The third-order valence-electron chi connectivity index (χ3n) is 3.63. The zero-order chi connectivity index (χ0) is 14.8. The van der Waals surface area contributed by atoms with Crippen molar-refractivity contribution >= 4 is 16.8 Å². The number of fused-ring (bicyclic) bond motifs is 1. The molecule has 0 unspecified atom stereocenters. The van der Waals surface area contributed by atoms with Gasteiger partial charge in [-0.05, 0) is 18.6 Å². The largest absolute Gasteiger partial charge is 0.361 e. The maximum atomic E-state index is 12.2. The van der Waals surface area contributed by atoms with Gasteiger partial charge in [-0.2, -0.15) is 5.10 Å². The summed E-state index contributed by atoms with van der Waals surface area (Å²) in [5.41, 5.74) is 3.08. The van der Waals surface area contributed by atoms with Gasteiger partial charge >= 0.3 is 0 Å². The lowest BCUT2D eigenvalue weighted by Crippen LogP contribution is -2.27. The minimum Gasteiger partial charge on any atom is -0.361 e. The van der Waals surface area contributed by atoms with Crippen molar-refractivity contribution in [1.29, 1.82) is 0 Å². The molecule has 2 N–H and O–H groups in total. The second kappa shape index (κ2) is 5.44. The minimum absolute atomic E-state index is 0.0103. The molecule has 0 saturated carbocycles. The number of carbonyl (C=O) groups excluding carboxylic acids is 1. The van der Waals surface area contributed by atoms with Crippen molar-refractivity contribution in [2.24, 2.45) is 7.05 Å². The highest BCUT2D eigenvalue weighted by atomic mass is 16.1. The molecule has 0 aliphatic heterocycles. The SMILES string of the molecule is C[C@@H](NC(=O)Cc1c[nH]c2ccccc12)c1cnn(C)c1. The first-order valence-electron chi connectivity index (χ1n) is 6.96. The predicted molar refractivity (Wildman–Crippen MR) is 81.8 cm³/mol. The summed E-state index contributed by atoms with van der Waals surface area (Å²) in [6, 6.07) is 7.95. The van der Waals surface area contributed by atoms with Crippen molar-refractivity contribution < 1.29 is 4.79 Å². The normalized spacial score (nSPS) is 12.5. The van der Waals surface area contributed by atoms with Crippen molar-refractivity contribution in [2.75, 3.05) is 0 Å². The Balaban J connectivity index is 1.69. The molecule has 0 saturated heterocycles. The van der Waals surface area contributed by atoms with Gasteiger partial charge in [-0.1, -0.05) is 18.2 Å². The standard InChI is InChI=1S/C16H18N4O/c1-11(13-9-18-20(2)10-13)19-16(21)7-12-8-17-15-6-4-3-5-14(12)15/h3-6,8-11,17H,7H2,1-2H3,(H,19,21)/t11-/m1/s1. The van der Waals surface area contributed by atoms with Crippen LogP contribution in [-0.2, 0) is 18.3 Å². The van der Waals surface area contributed by atoms with E-state index in [0.717, 1.165) is 22.0 Å². The highest BCUT2D eigenvalue weighted by Crippen LogP contribution is 2.18. The van der Waals surface area contributed by atoms with Crippen LogP contribution in [0.1, 0.15) is 24.1 Å². The number of para-hydroxylation sites is 1. The summed E-state index contributed by atoms with van der Waals surface area (Å²) >= 11 is 0. The first kappa shape index (κ1) is 13.4. The first-order chi connectivity index (χ1) is 10.1. The molecule has 0 aliphatic carbocycles. The van der Waals surface area contributed by atoms with Crippen LogP contribution < -0.4 is 5.32 Å². The Morgan fingerprint density at radius 3 is 3.00 bits per heavy atom. The van der Waals surface area contributed by atoms with Crippen LogP contribution in [0.15, 0.2) is 42.9 Å². The average molecular weight is 282 g/mol. The molecule has 5 nitrogen and oxygen atoms in total. The Morgan fingerprint density at radius 2 is 2.24 bits per heavy atom. The number of rotatable bonds is 4. The number of benzene rings is 1. The maximum Gasteiger partial charge on any atom is 0.224 e. The van der Waals surface area contributed by atoms with E-state index in [1.807, 2.05) is 50.6 Å². The van der Waals surface area contributed by atoms with E-state index in [1.165, 1.54) is 0 Å². The Labute approximate surface area is 123 Å². The summed E-state index contributed by atoms with van der Waals surface area (Å²) < 4.78 is 1.73. The summed E-state index contributed by atoms with van der Waals surface area (Å²) in [5, 5.41) is 8.23. The minimum atomic E-state index is -0.0450. The van der Waals surface area contributed by atoms with E-state index < -0.39 is 0 Å². The summed E-state index contributed by atoms with van der Waals surface area (Å²) in [6.07, 6.45) is 5.96. The van der Waals surface area contributed by atoms with Gasteiger partial charge in [0.1, 0.15) is 0 Å². The molecular formula is C16H18N4O. The van der Waals surface area contributed by atoms with E-state index in [0.29, 0.717) is 6.42 Å². The molecule has 108 valence electrons. The highest BCUT2D eigenvalue weighted by molar-refractivity contribution is 5.88. The van der Waals surface area contributed by atoms with Crippen LogP contribution in [0.25, 0.3) is 10.9 Å². The fourth-order valence-corrected chi connectivity index (χ4v) is 2.49. The van der Waals surface area contributed by atoms with E-state index >= 15 is 0 Å². The smallest absolute Gasteiger partial charge is 0.224 e. The second-order valence-corrected chi connectivity index (χ2v) is 5.27. The predicted octanol–water partition coefficient (Wildman–Crippen LogP) is 2.32. The van der Waals surface area contributed by atoms with E-state index in [4.69, 9.17) is 0 Å². The van der Waals surface area contributed by atoms with Gasteiger partial charge in [0.2, 0.25) is 5.91 Å². The van der Waals surface area contributed by atoms with E-state index in [9.17, 15) is 4.79 Å². The van der Waals surface area contributed by atoms with Gasteiger partial charge in [-0.25, -0.2) is 0 Å². The number of H-pyrrole nitrogens is 1. The van der Waals surface area contributed by atoms with Crippen LogP contribution in [0.4, 0.5) is 0 Å². The number of nitrogens with one attached hydrogen (secondary N) is 2. The second-order valence-electron chi connectivity index (χ2n) is 5.27. The van der Waals surface area contributed by atoms with Gasteiger partial charge < -0.3 is 10.3 Å². The maximum absolute atomic E-state index is 12.2. The van der Waals surface area contributed by atoms with Gasteiger partial charge in [0.15, 0.2) is 0 Å². The number of hydrogen-bond donors (Lipinski definition) is 2. The van der Waals surface area contributed by atoms with Crippen molar-refractivity contribution in [3.63, 3.8) is 0 Å². The van der Waals surface area contributed by atoms with Crippen LogP contribution in [0.3, 0.4) is 0 Å². The molecule has 2 aromatic heterocycles.